The van der Waals surface area contributed by atoms with Gasteiger partial charge in [-0.25, -0.2) is 14.4 Å². The van der Waals surface area contributed by atoms with E-state index in [1.165, 1.54) is 29.5 Å². The first kappa shape index (κ1) is 18.6. The molecule has 0 radical (unpaired) electrons. The first-order chi connectivity index (χ1) is 13.6. The van der Waals surface area contributed by atoms with E-state index in [-0.39, 0.29) is 5.91 Å². The van der Waals surface area contributed by atoms with Crippen LogP contribution in [0.1, 0.15) is 16.8 Å². The molecule has 4 aromatic rings. The summed E-state index contributed by atoms with van der Waals surface area (Å²) >= 11 is 7.46. The number of benzene rings is 2. The molecule has 0 saturated heterocycles. The second kappa shape index (κ2) is 8.08. The van der Waals surface area contributed by atoms with Crippen molar-refractivity contribution >= 4 is 44.2 Å². The number of hydrogen-bond acceptors (Lipinski definition) is 4. The van der Waals surface area contributed by atoms with Crippen LogP contribution in [0, 0.1) is 5.82 Å². The topological polar surface area (TPSA) is 51.0 Å². The van der Waals surface area contributed by atoms with Gasteiger partial charge >= 0.3 is 0 Å². The molecule has 28 heavy (non-hydrogen) atoms. The third kappa shape index (κ3) is 4.05. The lowest BCUT2D eigenvalue weighted by Gasteiger charge is -2.20. The molecule has 0 N–H and O–H groups in total. The first-order valence-corrected chi connectivity index (χ1v) is 9.89. The molecule has 0 unspecified atom stereocenters. The smallest absolute Gasteiger partial charge is 0.260 e. The van der Waals surface area contributed by atoms with Crippen molar-refractivity contribution in [2.24, 2.45) is 0 Å². The van der Waals surface area contributed by atoms with Crippen LogP contribution in [0.15, 0.2) is 61.2 Å². The van der Waals surface area contributed by atoms with Gasteiger partial charge in [-0.3, -0.25) is 9.69 Å². The highest BCUT2D eigenvalue weighted by Crippen LogP contribution is 2.31. The summed E-state index contributed by atoms with van der Waals surface area (Å²) in [6.07, 6.45) is 6.03. The Morgan fingerprint density at radius 1 is 1.25 bits per heavy atom. The van der Waals surface area contributed by atoms with Crippen LogP contribution in [0.2, 0.25) is 5.02 Å². The third-order valence-corrected chi connectivity index (χ3v) is 5.52. The molecule has 0 spiro atoms. The monoisotopic (exact) mass is 414 g/mol. The third-order valence-electron chi connectivity index (χ3n) is 4.24. The molecule has 2 heterocycles. The van der Waals surface area contributed by atoms with Crippen LogP contribution in [-0.4, -0.2) is 27.0 Å². The van der Waals surface area contributed by atoms with E-state index in [1.54, 1.807) is 29.6 Å². The van der Waals surface area contributed by atoms with Crippen LogP contribution >= 0.6 is 22.9 Å². The van der Waals surface area contributed by atoms with Gasteiger partial charge in [0.1, 0.15) is 5.82 Å². The van der Waals surface area contributed by atoms with Gasteiger partial charge in [0.2, 0.25) is 0 Å². The highest BCUT2D eigenvalue weighted by atomic mass is 35.5. The number of nitrogens with zero attached hydrogens (tertiary/aromatic N) is 4. The van der Waals surface area contributed by atoms with Crippen molar-refractivity contribution in [2.45, 2.75) is 13.0 Å². The largest absolute Gasteiger partial charge is 0.337 e. The molecule has 2 aromatic heterocycles. The number of imidazole rings is 1. The minimum Gasteiger partial charge on any atom is -0.337 e. The van der Waals surface area contributed by atoms with E-state index in [2.05, 4.69) is 9.97 Å². The van der Waals surface area contributed by atoms with Gasteiger partial charge in [-0.15, -0.1) is 0 Å². The standard InChI is InChI=1S/C20H16ClFN4OS/c21-15-5-6-17-18(12-15)28-20(24-17)26(9-2-8-25-10-7-23-13-25)19(27)14-3-1-4-16(22)11-14/h1,3-7,10-13H,2,8-9H2. The number of fused-ring (bicyclic) bond motifs is 1. The molecule has 0 bridgehead atoms. The Morgan fingerprint density at radius 3 is 2.93 bits per heavy atom. The second-order valence-corrected chi connectivity index (χ2v) is 7.68. The van der Waals surface area contributed by atoms with Crippen molar-refractivity contribution in [3.05, 3.63) is 77.6 Å². The molecule has 0 atom stereocenters. The highest BCUT2D eigenvalue weighted by molar-refractivity contribution is 7.22. The van der Waals surface area contributed by atoms with Crippen molar-refractivity contribution in [3.8, 4) is 0 Å². The summed E-state index contributed by atoms with van der Waals surface area (Å²) in [7, 11) is 0. The maximum atomic E-state index is 13.6. The number of carbonyl (C=O) groups is 1. The van der Waals surface area contributed by atoms with Gasteiger partial charge in [0.25, 0.3) is 5.91 Å². The summed E-state index contributed by atoms with van der Waals surface area (Å²) < 4.78 is 16.5. The van der Waals surface area contributed by atoms with Crippen LogP contribution in [0.3, 0.4) is 0 Å². The number of carbonyl (C=O) groups excluding carboxylic acids is 1. The average molecular weight is 415 g/mol. The molecule has 0 aliphatic heterocycles. The molecule has 0 aliphatic carbocycles. The number of aryl methyl sites for hydroxylation is 1. The van der Waals surface area contributed by atoms with E-state index in [0.717, 1.165) is 10.2 Å². The molecule has 1 amide bonds. The summed E-state index contributed by atoms with van der Waals surface area (Å²) in [5.41, 5.74) is 1.07. The molecular weight excluding hydrogens is 399 g/mol. The Morgan fingerprint density at radius 2 is 2.14 bits per heavy atom. The summed E-state index contributed by atoms with van der Waals surface area (Å²) in [5, 5.41) is 1.18. The lowest BCUT2D eigenvalue weighted by molar-refractivity contribution is 0.0986. The zero-order valence-corrected chi connectivity index (χ0v) is 16.3. The Kier molecular flexibility index (Phi) is 5.36. The van der Waals surface area contributed by atoms with Gasteiger partial charge in [0.15, 0.2) is 5.13 Å². The van der Waals surface area contributed by atoms with Crippen molar-refractivity contribution in [3.63, 3.8) is 0 Å². The molecule has 0 fully saturated rings. The predicted molar refractivity (Wildman–Crippen MR) is 110 cm³/mol. The Labute approximate surface area is 170 Å². The molecule has 4 rings (SSSR count). The fourth-order valence-electron chi connectivity index (χ4n) is 2.89. The molecule has 0 saturated carbocycles. The second-order valence-electron chi connectivity index (χ2n) is 6.23. The van der Waals surface area contributed by atoms with Gasteiger partial charge in [-0.1, -0.05) is 29.0 Å². The number of thiazole rings is 1. The van der Waals surface area contributed by atoms with E-state index in [4.69, 9.17) is 11.6 Å². The number of hydrogen-bond donors (Lipinski definition) is 0. The van der Waals surface area contributed by atoms with Gasteiger partial charge in [-0.05, 0) is 42.8 Å². The Bertz CT molecular complexity index is 1110. The minimum absolute atomic E-state index is 0.282. The van der Waals surface area contributed by atoms with Crippen LogP contribution in [0.4, 0.5) is 9.52 Å². The molecule has 0 aliphatic rings. The van der Waals surface area contributed by atoms with Gasteiger partial charge in [-0.2, -0.15) is 0 Å². The fraction of sp³-hybridized carbons (Fsp3) is 0.150. The molecule has 142 valence electrons. The number of aromatic nitrogens is 3. The molecular formula is C20H16ClFN4OS. The minimum atomic E-state index is -0.444. The van der Waals surface area contributed by atoms with E-state index >= 15 is 0 Å². The normalized spacial score (nSPS) is 11.1. The van der Waals surface area contributed by atoms with E-state index < -0.39 is 5.82 Å². The maximum absolute atomic E-state index is 13.6. The van der Waals surface area contributed by atoms with E-state index in [9.17, 15) is 9.18 Å². The van der Waals surface area contributed by atoms with E-state index in [1.807, 2.05) is 22.9 Å². The van der Waals surface area contributed by atoms with Crippen LogP contribution in [-0.2, 0) is 6.54 Å². The summed E-state index contributed by atoms with van der Waals surface area (Å²) in [6.45, 7) is 1.16. The van der Waals surface area contributed by atoms with Crippen molar-refractivity contribution in [1.29, 1.82) is 0 Å². The zero-order chi connectivity index (χ0) is 19.5. The lowest BCUT2D eigenvalue weighted by atomic mass is 10.2. The maximum Gasteiger partial charge on any atom is 0.260 e. The predicted octanol–water partition coefficient (Wildman–Crippen LogP) is 5.02. The summed E-state index contributed by atoms with van der Waals surface area (Å²) in [5.74, 6) is -0.726. The SMILES string of the molecule is O=C(c1cccc(F)c1)N(CCCn1ccnc1)c1nc2ccc(Cl)cc2s1. The molecule has 2 aromatic carbocycles. The van der Waals surface area contributed by atoms with Crippen LogP contribution in [0.5, 0.6) is 0 Å². The number of halogens is 2. The van der Waals surface area contributed by atoms with Crippen molar-refractivity contribution < 1.29 is 9.18 Å². The van der Waals surface area contributed by atoms with Crippen LogP contribution < -0.4 is 4.90 Å². The Balaban J connectivity index is 1.63. The van der Waals surface area contributed by atoms with Crippen LogP contribution in [0.25, 0.3) is 10.2 Å². The van der Waals surface area contributed by atoms with Gasteiger partial charge < -0.3 is 4.57 Å². The fourth-order valence-corrected chi connectivity index (χ4v) is 4.16. The van der Waals surface area contributed by atoms with Gasteiger partial charge in [0, 0.05) is 36.1 Å². The highest BCUT2D eigenvalue weighted by Gasteiger charge is 2.21. The average Bonchev–Trinajstić information content (AvgIpc) is 3.34. The first-order valence-electron chi connectivity index (χ1n) is 8.69. The quantitative estimate of drug-likeness (QED) is 0.445. The molecule has 8 heteroatoms. The number of amides is 1. The van der Waals surface area contributed by atoms with Crippen molar-refractivity contribution in [2.75, 3.05) is 11.4 Å². The van der Waals surface area contributed by atoms with E-state index in [0.29, 0.717) is 35.2 Å². The number of anilines is 1. The summed E-state index contributed by atoms with van der Waals surface area (Å²) in [4.78, 5) is 23.3. The van der Waals surface area contributed by atoms with Gasteiger partial charge in [0.05, 0.1) is 16.5 Å². The lowest BCUT2D eigenvalue weighted by Crippen LogP contribution is -2.32. The summed E-state index contributed by atoms with van der Waals surface area (Å²) in [6, 6.07) is 11.1. The number of rotatable bonds is 6. The van der Waals surface area contributed by atoms with Crippen molar-refractivity contribution in [1.82, 2.24) is 14.5 Å². The molecule has 5 nitrogen and oxygen atoms in total. The zero-order valence-electron chi connectivity index (χ0n) is 14.8. The Hall–Kier alpha value is -2.77.